The SMILES string of the molecule is CN(C)C(=O)[C@]12CC1[C@@](C)(c1cc(/C=C(\F)c3cc4nccnc4cn3)ccc1F)N=C(N)S2. The lowest BCUT2D eigenvalue weighted by atomic mass is 9.84. The molecule has 174 valence electrons. The summed E-state index contributed by atoms with van der Waals surface area (Å²) in [5, 5.41) is 0.236. The summed E-state index contributed by atoms with van der Waals surface area (Å²) in [5.74, 6) is -1.38. The second-order valence-electron chi connectivity index (χ2n) is 8.89. The molecule has 1 saturated carbocycles. The number of thioether (sulfide) groups is 1. The van der Waals surface area contributed by atoms with Crippen molar-refractivity contribution in [1.29, 1.82) is 0 Å². The number of benzene rings is 1. The van der Waals surface area contributed by atoms with Crippen LogP contribution in [0.5, 0.6) is 0 Å². The Morgan fingerprint density at radius 3 is 2.68 bits per heavy atom. The lowest BCUT2D eigenvalue weighted by Gasteiger charge is -2.34. The molecule has 10 heteroatoms. The van der Waals surface area contributed by atoms with Crippen LogP contribution in [0.15, 0.2) is 47.8 Å². The molecule has 0 radical (unpaired) electrons. The predicted molar refractivity (Wildman–Crippen MR) is 129 cm³/mol. The van der Waals surface area contributed by atoms with Crippen molar-refractivity contribution in [3.63, 3.8) is 0 Å². The number of carbonyl (C=O) groups is 1. The van der Waals surface area contributed by atoms with Crippen LogP contribution < -0.4 is 5.73 Å². The average Bonchev–Trinajstić information content (AvgIpc) is 3.55. The third kappa shape index (κ3) is 3.53. The monoisotopic (exact) mass is 480 g/mol. The van der Waals surface area contributed by atoms with Crippen LogP contribution in [0.1, 0.15) is 30.2 Å². The van der Waals surface area contributed by atoms with Gasteiger partial charge in [-0.1, -0.05) is 17.8 Å². The quantitative estimate of drug-likeness (QED) is 0.611. The first-order valence-corrected chi connectivity index (χ1v) is 11.5. The smallest absolute Gasteiger partial charge is 0.239 e. The summed E-state index contributed by atoms with van der Waals surface area (Å²) in [5.41, 5.74) is 6.93. The minimum atomic E-state index is -1.05. The largest absolute Gasteiger partial charge is 0.378 e. The van der Waals surface area contributed by atoms with E-state index in [-0.39, 0.29) is 28.3 Å². The normalized spacial score (nSPS) is 26.1. The minimum absolute atomic E-state index is 0.0699. The van der Waals surface area contributed by atoms with E-state index >= 15 is 8.78 Å². The van der Waals surface area contributed by atoms with E-state index in [1.807, 2.05) is 0 Å². The van der Waals surface area contributed by atoms with Gasteiger partial charge in [-0.2, -0.15) is 0 Å². The van der Waals surface area contributed by atoms with Crippen molar-refractivity contribution in [1.82, 2.24) is 19.9 Å². The molecule has 34 heavy (non-hydrogen) atoms. The number of amidine groups is 1. The summed E-state index contributed by atoms with van der Waals surface area (Å²) in [6.07, 6.45) is 6.33. The van der Waals surface area contributed by atoms with Gasteiger partial charge in [-0.25, -0.2) is 8.78 Å². The standard InChI is InChI=1S/C24H22F2N6OS/c1-23(20-11-24(20,21(33)32(2)3)34-22(27)31-23)14-8-13(4-5-15(14)25)9-16(26)17-10-18-19(12-30-17)29-7-6-28-18/h4-10,12,20H,11H2,1-3H3,(H2,27,31)/b16-9-/t20?,23-,24+/m1/s1. The summed E-state index contributed by atoms with van der Waals surface area (Å²) in [4.78, 5) is 31.4. The van der Waals surface area contributed by atoms with E-state index in [0.717, 1.165) is 0 Å². The zero-order valence-electron chi connectivity index (χ0n) is 18.8. The fourth-order valence-corrected chi connectivity index (χ4v) is 6.17. The van der Waals surface area contributed by atoms with Crippen LogP contribution in [0.2, 0.25) is 0 Å². The van der Waals surface area contributed by atoms with Gasteiger partial charge < -0.3 is 10.6 Å². The van der Waals surface area contributed by atoms with Gasteiger partial charge in [0.2, 0.25) is 5.91 Å². The molecule has 2 aromatic heterocycles. The Morgan fingerprint density at radius 1 is 1.21 bits per heavy atom. The number of aromatic nitrogens is 3. The first-order valence-electron chi connectivity index (χ1n) is 10.6. The molecule has 0 bridgehead atoms. The van der Waals surface area contributed by atoms with Crippen molar-refractivity contribution in [2.24, 2.45) is 16.6 Å². The maximum atomic E-state index is 15.1. The number of halogens is 2. The molecule has 1 fully saturated rings. The minimum Gasteiger partial charge on any atom is -0.378 e. The fourth-order valence-electron chi connectivity index (χ4n) is 4.67. The van der Waals surface area contributed by atoms with Crippen molar-refractivity contribution in [3.8, 4) is 0 Å². The summed E-state index contributed by atoms with van der Waals surface area (Å²) < 4.78 is 29.4. The highest BCUT2D eigenvalue weighted by molar-refractivity contribution is 8.15. The summed E-state index contributed by atoms with van der Waals surface area (Å²) in [6, 6.07) is 5.84. The van der Waals surface area contributed by atoms with Gasteiger partial charge in [-0.3, -0.25) is 24.7 Å². The van der Waals surface area contributed by atoms with Crippen LogP contribution in [0.4, 0.5) is 8.78 Å². The number of fused-ring (bicyclic) bond motifs is 2. The molecule has 0 saturated heterocycles. The predicted octanol–water partition coefficient (Wildman–Crippen LogP) is 3.76. The van der Waals surface area contributed by atoms with E-state index in [0.29, 0.717) is 23.0 Å². The van der Waals surface area contributed by atoms with Crippen molar-refractivity contribution >= 4 is 45.8 Å². The highest BCUT2D eigenvalue weighted by Crippen LogP contribution is 2.66. The number of nitrogens with two attached hydrogens (primary N) is 1. The first kappa shape index (κ1) is 22.4. The summed E-state index contributed by atoms with van der Waals surface area (Å²) in [7, 11) is 3.38. The highest BCUT2D eigenvalue weighted by Gasteiger charge is 2.71. The molecule has 0 spiro atoms. The topological polar surface area (TPSA) is 97.4 Å². The van der Waals surface area contributed by atoms with Crippen LogP contribution in [0.25, 0.3) is 22.9 Å². The van der Waals surface area contributed by atoms with E-state index in [9.17, 15) is 4.79 Å². The van der Waals surface area contributed by atoms with E-state index in [4.69, 9.17) is 5.73 Å². The maximum Gasteiger partial charge on any atom is 0.239 e. The molecule has 2 N–H and O–H groups in total. The number of aliphatic imine (C=N–C) groups is 1. The second-order valence-corrected chi connectivity index (χ2v) is 10.2. The van der Waals surface area contributed by atoms with E-state index in [1.165, 1.54) is 59.5 Å². The third-order valence-electron chi connectivity index (χ3n) is 6.42. The Morgan fingerprint density at radius 2 is 1.94 bits per heavy atom. The lowest BCUT2D eigenvalue weighted by Crippen LogP contribution is -2.43. The molecular formula is C24H22F2N6OS. The Bertz CT molecular complexity index is 1390. The molecule has 2 aliphatic rings. The molecule has 5 rings (SSSR count). The highest BCUT2D eigenvalue weighted by atomic mass is 32.2. The van der Waals surface area contributed by atoms with E-state index < -0.39 is 21.9 Å². The summed E-state index contributed by atoms with van der Waals surface area (Å²) >= 11 is 1.24. The Kier molecular flexibility index (Phi) is 5.16. The third-order valence-corrected chi connectivity index (χ3v) is 7.71. The Balaban J connectivity index is 1.53. The molecule has 3 atom stereocenters. The molecular weight excluding hydrogens is 458 g/mol. The number of pyridine rings is 1. The van der Waals surface area contributed by atoms with Gasteiger partial charge in [0.25, 0.3) is 0 Å². The molecule has 7 nitrogen and oxygen atoms in total. The van der Waals surface area contributed by atoms with Crippen molar-refractivity contribution in [3.05, 3.63) is 65.5 Å². The lowest BCUT2D eigenvalue weighted by molar-refractivity contribution is -0.129. The average molecular weight is 481 g/mol. The van der Waals surface area contributed by atoms with Gasteiger partial charge in [-0.15, -0.1) is 0 Å². The second kappa shape index (κ2) is 7.83. The number of nitrogens with zero attached hydrogens (tertiary/aromatic N) is 5. The maximum absolute atomic E-state index is 15.1. The Hall–Kier alpha value is -3.40. The van der Waals surface area contributed by atoms with Gasteiger partial charge >= 0.3 is 0 Å². The van der Waals surface area contributed by atoms with Gasteiger partial charge in [-0.05, 0) is 43.2 Å². The number of hydrogen-bond donors (Lipinski definition) is 1. The molecule has 1 unspecified atom stereocenters. The van der Waals surface area contributed by atoms with Crippen molar-refractivity contribution in [2.75, 3.05) is 14.1 Å². The van der Waals surface area contributed by atoms with Gasteiger partial charge in [0.15, 0.2) is 5.17 Å². The van der Waals surface area contributed by atoms with Crippen LogP contribution in [0.3, 0.4) is 0 Å². The van der Waals surface area contributed by atoms with Crippen LogP contribution in [0, 0.1) is 11.7 Å². The molecule has 1 amide bonds. The van der Waals surface area contributed by atoms with Crippen LogP contribution in [-0.4, -0.2) is 49.8 Å². The molecule has 1 aliphatic heterocycles. The number of amides is 1. The van der Waals surface area contributed by atoms with Gasteiger partial charge in [0, 0.05) is 38.0 Å². The van der Waals surface area contributed by atoms with Gasteiger partial charge in [0.05, 0.1) is 17.3 Å². The van der Waals surface area contributed by atoms with E-state index in [1.54, 1.807) is 27.1 Å². The fraction of sp³-hybridized carbons (Fsp3) is 0.292. The summed E-state index contributed by atoms with van der Waals surface area (Å²) in [6.45, 7) is 1.78. The van der Waals surface area contributed by atoms with Crippen molar-refractivity contribution in [2.45, 2.75) is 23.6 Å². The Labute approximate surface area is 199 Å². The number of rotatable bonds is 4. The first-order chi connectivity index (χ1) is 16.1. The van der Waals surface area contributed by atoms with Crippen LogP contribution >= 0.6 is 11.8 Å². The van der Waals surface area contributed by atoms with Crippen molar-refractivity contribution < 1.29 is 13.6 Å². The zero-order chi connectivity index (χ0) is 24.3. The zero-order valence-corrected chi connectivity index (χ0v) is 19.6. The van der Waals surface area contributed by atoms with E-state index in [2.05, 4.69) is 19.9 Å². The number of hydrogen-bond acceptors (Lipinski definition) is 7. The van der Waals surface area contributed by atoms with Crippen LogP contribution in [-0.2, 0) is 10.3 Å². The molecule has 1 aromatic carbocycles. The molecule has 3 heterocycles. The molecule has 1 aliphatic carbocycles. The van der Waals surface area contributed by atoms with Gasteiger partial charge in [0.1, 0.15) is 27.6 Å². The molecule has 3 aromatic rings. The number of carbonyl (C=O) groups excluding carboxylic acids is 1.